The van der Waals surface area contributed by atoms with Crippen LogP contribution in [0.5, 0.6) is 5.75 Å². The number of urea groups is 1. The van der Waals surface area contributed by atoms with E-state index in [-0.39, 0.29) is 23.8 Å². The highest BCUT2D eigenvalue weighted by Gasteiger charge is 2.34. The summed E-state index contributed by atoms with van der Waals surface area (Å²) in [7, 11) is 1.23. The summed E-state index contributed by atoms with van der Waals surface area (Å²) >= 11 is 6.86. The third-order valence-electron chi connectivity index (χ3n) is 4.00. The maximum Gasteiger partial charge on any atom is 0.373 e. The molecule has 30 heavy (non-hydrogen) atoms. The number of esters is 1. The van der Waals surface area contributed by atoms with Crippen LogP contribution in [-0.2, 0) is 16.1 Å². The number of benzene rings is 1. The number of methoxy groups -OCH3 is 1. The lowest BCUT2D eigenvalue weighted by molar-refractivity contribution is -0.123. The molecule has 2 aromatic rings. The first kappa shape index (κ1) is 21.8. The van der Waals surface area contributed by atoms with Gasteiger partial charge < -0.3 is 19.2 Å². The summed E-state index contributed by atoms with van der Waals surface area (Å²) in [4.78, 5) is 37.4. The van der Waals surface area contributed by atoms with E-state index in [0.717, 1.165) is 4.90 Å². The minimum Gasteiger partial charge on any atom is -0.487 e. The summed E-state index contributed by atoms with van der Waals surface area (Å²) in [6.45, 7) is 3.83. The van der Waals surface area contributed by atoms with Crippen LogP contribution >= 0.6 is 31.9 Å². The minimum absolute atomic E-state index is 0.0104. The van der Waals surface area contributed by atoms with E-state index in [1.807, 2.05) is 0 Å². The molecule has 1 saturated heterocycles. The number of carbonyl (C=O) groups is 3. The highest BCUT2D eigenvalue weighted by Crippen LogP contribution is 2.35. The van der Waals surface area contributed by atoms with Crippen molar-refractivity contribution in [3.8, 4) is 5.75 Å². The van der Waals surface area contributed by atoms with E-state index in [1.165, 1.54) is 19.2 Å². The van der Waals surface area contributed by atoms with E-state index in [4.69, 9.17) is 9.15 Å². The van der Waals surface area contributed by atoms with Gasteiger partial charge in [-0.25, -0.2) is 9.59 Å². The molecule has 3 rings (SSSR count). The number of nitrogens with zero attached hydrogens (tertiary/aromatic N) is 1. The number of amides is 3. The van der Waals surface area contributed by atoms with Gasteiger partial charge in [0.25, 0.3) is 5.91 Å². The third-order valence-corrected chi connectivity index (χ3v) is 5.18. The number of carbonyl (C=O) groups excluding carboxylic acids is 3. The van der Waals surface area contributed by atoms with Gasteiger partial charge in [-0.2, -0.15) is 0 Å². The molecule has 10 heteroatoms. The Hall–Kier alpha value is -2.85. The molecule has 0 radical (unpaired) electrons. The van der Waals surface area contributed by atoms with E-state index in [1.54, 1.807) is 24.3 Å². The minimum atomic E-state index is -0.643. The molecule has 2 heterocycles. The van der Waals surface area contributed by atoms with Crippen LogP contribution in [0.2, 0.25) is 0 Å². The number of hydrogen-bond acceptors (Lipinski definition) is 6. The van der Waals surface area contributed by atoms with Crippen molar-refractivity contribution in [1.82, 2.24) is 10.2 Å². The fourth-order valence-corrected chi connectivity index (χ4v) is 4.10. The SMILES string of the molecule is C=CCOc1c(Br)cc(/C=C2\NC(=O)N(Cc3ccc(C(=O)OC)o3)C2=O)cc1Br. The zero-order valence-corrected chi connectivity index (χ0v) is 18.9. The summed E-state index contributed by atoms with van der Waals surface area (Å²) in [6, 6.07) is 5.85. The predicted molar refractivity (Wildman–Crippen MR) is 115 cm³/mol. The zero-order chi connectivity index (χ0) is 21.8. The Morgan fingerprint density at radius 3 is 2.60 bits per heavy atom. The van der Waals surface area contributed by atoms with Gasteiger partial charge in [-0.15, -0.1) is 0 Å². The summed E-state index contributed by atoms with van der Waals surface area (Å²) in [5.74, 6) is -0.302. The Morgan fingerprint density at radius 1 is 1.27 bits per heavy atom. The van der Waals surface area contributed by atoms with Crippen LogP contribution in [0.4, 0.5) is 4.79 Å². The van der Waals surface area contributed by atoms with Crippen molar-refractivity contribution < 1.29 is 28.3 Å². The number of nitrogens with one attached hydrogen (secondary N) is 1. The van der Waals surface area contributed by atoms with Crippen molar-refractivity contribution in [3.05, 3.63) is 68.6 Å². The molecular formula is C20H16Br2N2O6. The van der Waals surface area contributed by atoms with Crippen LogP contribution in [0, 0.1) is 0 Å². The van der Waals surface area contributed by atoms with Crippen LogP contribution in [0.3, 0.4) is 0 Å². The van der Waals surface area contributed by atoms with Crippen molar-refractivity contribution in [2.45, 2.75) is 6.54 Å². The second-order valence-corrected chi connectivity index (χ2v) is 7.76. The van der Waals surface area contributed by atoms with Crippen molar-refractivity contribution in [3.63, 3.8) is 0 Å². The monoisotopic (exact) mass is 538 g/mol. The fourth-order valence-electron chi connectivity index (χ4n) is 2.65. The Labute approximate surface area is 188 Å². The van der Waals surface area contributed by atoms with Gasteiger partial charge in [0.1, 0.15) is 23.8 Å². The van der Waals surface area contributed by atoms with Gasteiger partial charge in [0.2, 0.25) is 5.76 Å². The molecule has 0 spiro atoms. The van der Waals surface area contributed by atoms with Crippen LogP contribution in [0.15, 0.2) is 56.0 Å². The fraction of sp³-hybridized carbons (Fsp3) is 0.150. The topological polar surface area (TPSA) is 98.1 Å². The molecule has 0 atom stereocenters. The standard InChI is InChI=1S/C20H16Br2N2O6/c1-3-6-29-17-13(21)7-11(8-14(17)22)9-15-18(25)24(20(27)23-15)10-12-4-5-16(30-12)19(26)28-2/h3-5,7-9H,1,6,10H2,2H3,(H,23,27)/b15-9-. The number of ether oxygens (including phenoxy) is 2. The molecule has 0 bridgehead atoms. The largest absolute Gasteiger partial charge is 0.487 e. The second-order valence-electron chi connectivity index (χ2n) is 6.05. The van der Waals surface area contributed by atoms with Crippen molar-refractivity contribution in [2.24, 2.45) is 0 Å². The lowest BCUT2D eigenvalue weighted by atomic mass is 10.2. The van der Waals surface area contributed by atoms with Crippen molar-refractivity contribution in [1.29, 1.82) is 0 Å². The quantitative estimate of drug-likeness (QED) is 0.244. The van der Waals surface area contributed by atoms with E-state index < -0.39 is 17.9 Å². The lowest BCUT2D eigenvalue weighted by Gasteiger charge is -2.10. The number of rotatable bonds is 7. The van der Waals surface area contributed by atoms with Gasteiger partial charge in [0.15, 0.2) is 0 Å². The highest BCUT2D eigenvalue weighted by molar-refractivity contribution is 9.11. The lowest BCUT2D eigenvalue weighted by Crippen LogP contribution is -2.30. The molecule has 0 saturated carbocycles. The van der Waals surface area contributed by atoms with Gasteiger partial charge in [0, 0.05) is 0 Å². The number of halogens is 2. The summed E-state index contributed by atoms with van der Waals surface area (Å²) in [6.07, 6.45) is 3.18. The Balaban J connectivity index is 1.78. The van der Waals surface area contributed by atoms with Crippen molar-refractivity contribution >= 4 is 55.8 Å². The number of hydrogen-bond donors (Lipinski definition) is 1. The Bertz CT molecular complexity index is 1040. The Kier molecular flexibility index (Phi) is 6.78. The zero-order valence-electron chi connectivity index (χ0n) is 15.7. The van der Waals surface area contributed by atoms with E-state index >= 15 is 0 Å². The van der Waals surface area contributed by atoms with E-state index in [9.17, 15) is 14.4 Å². The first-order chi connectivity index (χ1) is 14.3. The Morgan fingerprint density at radius 2 is 1.97 bits per heavy atom. The normalized spacial score (nSPS) is 14.8. The average Bonchev–Trinajstić information content (AvgIpc) is 3.27. The average molecular weight is 540 g/mol. The van der Waals surface area contributed by atoms with Gasteiger partial charge in [0.05, 0.1) is 22.6 Å². The summed E-state index contributed by atoms with van der Waals surface area (Å²) in [5.41, 5.74) is 0.773. The molecule has 1 fully saturated rings. The first-order valence-corrected chi connectivity index (χ1v) is 10.2. The second kappa shape index (κ2) is 9.31. The maximum absolute atomic E-state index is 12.7. The van der Waals surface area contributed by atoms with Gasteiger partial charge in [-0.05, 0) is 67.8 Å². The van der Waals surface area contributed by atoms with Gasteiger partial charge in [-0.3, -0.25) is 9.69 Å². The predicted octanol–water partition coefficient (Wildman–Crippen LogP) is 4.25. The maximum atomic E-state index is 12.7. The van der Waals surface area contributed by atoms with Crippen LogP contribution < -0.4 is 10.1 Å². The van der Waals surface area contributed by atoms with Crippen LogP contribution in [0.1, 0.15) is 21.9 Å². The molecule has 0 aliphatic carbocycles. The molecular weight excluding hydrogens is 524 g/mol. The highest BCUT2D eigenvalue weighted by atomic mass is 79.9. The van der Waals surface area contributed by atoms with Crippen LogP contribution in [0.25, 0.3) is 6.08 Å². The summed E-state index contributed by atoms with van der Waals surface area (Å²) in [5, 5.41) is 2.54. The molecule has 1 aromatic carbocycles. The molecule has 156 valence electrons. The molecule has 1 aliphatic heterocycles. The molecule has 0 unspecified atom stereocenters. The smallest absolute Gasteiger partial charge is 0.373 e. The van der Waals surface area contributed by atoms with E-state index in [0.29, 0.717) is 26.9 Å². The first-order valence-electron chi connectivity index (χ1n) is 8.58. The van der Waals surface area contributed by atoms with Gasteiger partial charge >= 0.3 is 12.0 Å². The molecule has 1 aliphatic rings. The third kappa shape index (κ3) is 4.65. The van der Waals surface area contributed by atoms with Crippen molar-refractivity contribution in [2.75, 3.05) is 13.7 Å². The van der Waals surface area contributed by atoms with Gasteiger partial charge in [-0.1, -0.05) is 12.7 Å². The molecule has 1 aromatic heterocycles. The molecule has 1 N–H and O–H groups in total. The molecule has 3 amide bonds. The number of imide groups is 1. The number of furan rings is 1. The molecule has 8 nitrogen and oxygen atoms in total. The van der Waals surface area contributed by atoms with E-state index in [2.05, 4.69) is 48.5 Å². The van der Waals surface area contributed by atoms with Crippen LogP contribution in [-0.4, -0.2) is 36.5 Å². The summed E-state index contributed by atoms with van der Waals surface area (Å²) < 4.78 is 16.8.